The van der Waals surface area contributed by atoms with Gasteiger partial charge in [0.2, 0.25) is 0 Å². The van der Waals surface area contributed by atoms with E-state index in [0.717, 1.165) is 30.9 Å². The van der Waals surface area contributed by atoms with Crippen LogP contribution in [0.4, 0.5) is 5.69 Å². The molecule has 0 radical (unpaired) electrons. The number of nitrogens with zero attached hydrogens (tertiary/aromatic N) is 3. The monoisotopic (exact) mass is 273 g/mol. The molecule has 1 atom stereocenters. The second kappa shape index (κ2) is 5.43. The van der Waals surface area contributed by atoms with E-state index in [4.69, 9.17) is 5.26 Å². The first-order chi connectivity index (χ1) is 9.35. The standard InChI is InChI=1S/C16H23N3O/c1-12(20)14-6-5-13(10-17)9-15(14)19-8-7-18(4)16(2,3)11-19/h5-6,9,12,20H,7-8,11H2,1-4H3. The molecule has 108 valence electrons. The summed E-state index contributed by atoms with van der Waals surface area (Å²) in [6.45, 7) is 8.98. The molecular formula is C16H23N3O. The molecule has 1 fully saturated rings. The molecule has 1 unspecified atom stereocenters. The second-order valence-corrected chi connectivity index (χ2v) is 6.22. The van der Waals surface area contributed by atoms with E-state index in [1.165, 1.54) is 0 Å². The first-order valence-electron chi connectivity index (χ1n) is 7.03. The van der Waals surface area contributed by atoms with Crippen LogP contribution in [0.25, 0.3) is 0 Å². The van der Waals surface area contributed by atoms with Gasteiger partial charge < -0.3 is 10.0 Å². The van der Waals surface area contributed by atoms with E-state index in [1.807, 2.05) is 12.1 Å². The summed E-state index contributed by atoms with van der Waals surface area (Å²) in [6, 6.07) is 7.71. The molecule has 0 aromatic heterocycles. The molecule has 20 heavy (non-hydrogen) atoms. The first-order valence-corrected chi connectivity index (χ1v) is 7.03. The second-order valence-electron chi connectivity index (χ2n) is 6.22. The maximum absolute atomic E-state index is 9.96. The van der Waals surface area contributed by atoms with Gasteiger partial charge in [-0.2, -0.15) is 5.26 Å². The molecular weight excluding hydrogens is 250 g/mol. The number of hydrogen-bond donors (Lipinski definition) is 1. The Morgan fingerprint density at radius 2 is 2.05 bits per heavy atom. The van der Waals surface area contributed by atoms with Crippen molar-refractivity contribution in [3.63, 3.8) is 0 Å². The number of aliphatic hydroxyl groups excluding tert-OH is 1. The molecule has 0 bridgehead atoms. The number of rotatable bonds is 2. The fourth-order valence-corrected chi connectivity index (χ4v) is 2.69. The van der Waals surface area contributed by atoms with Crippen LogP contribution in [0.15, 0.2) is 18.2 Å². The van der Waals surface area contributed by atoms with E-state index in [1.54, 1.807) is 13.0 Å². The van der Waals surface area contributed by atoms with E-state index in [2.05, 4.69) is 36.8 Å². The van der Waals surface area contributed by atoms with Gasteiger partial charge in [-0.25, -0.2) is 0 Å². The van der Waals surface area contributed by atoms with Gasteiger partial charge in [0.05, 0.1) is 17.7 Å². The fraction of sp³-hybridized carbons (Fsp3) is 0.562. The van der Waals surface area contributed by atoms with Crippen molar-refractivity contribution in [2.75, 3.05) is 31.6 Å². The number of piperazine rings is 1. The van der Waals surface area contributed by atoms with Crippen molar-refractivity contribution in [2.45, 2.75) is 32.4 Å². The SMILES string of the molecule is CC(O)c1ccc(C#N)cc1N1CCN(C)C(C)(C)C1. The van der Waals surface area contributed by atoms with Gasteiger partial charge in [-0.3, -0.25) is 4.90 Å². The summed E-state index contributed by atoms with van der Waals surface area (Å²) in [4.78, 5) is 4.63. The van der Waals surface area contributed by atoms with Gasteiger partial charge in [0.1, 0.15) is 0 Å². The highest BCUT2D eigenvalue weighted by Gasteiger charge is 2.32. The van der Waals surface area contributed by atoms with E-state index in [0.29, 0.717) is 5.56 Å². The summed E-state index contributed by atoms with van der Waals surface area (Å²) in [5, 5.41) is 19.1. The molecule has 0 aliphatic carbocycles. The first kappa shape index (κ1) is 14.8. The summed E-state index contributed by atoms with van der Waals surface area (Å²) in [5.41, 5.74) is 2.60. The Kier molecular flexibility index (Phi) is 4.03. The van der Waals surface area contributed by atoms with Crippen molar-refractivity contribution in [3.05, 3.63) is 29.3 Å². The Morgan fingerprint density at radius 1 is 1.35 bits per heavy atom. The normalized spacial score (nSPS) is 20.5. The summed E-state index contributed by atoms with van der Waals surface area (Å²) in [7, 11) is 2.14. The summed E-state index contributed by atoms with van der Waals surface area (Å²) >= 11 is 0. The van der Waals surface area contributed by atoms with Gasteiger partial charge in [0, 0.05) is 36.4 Å². The van der Waals surface area contributed by atoms with Crippen LogP contribution in [0.1, 0.15) is 38.0 Å². The molecule has 1 aromatic carbocycles. The van der Waals surface area contributed by atoms with Gasteiger partial charge in [-0.05, 0) is 40.0 Å². The third kappa shape index (κ3) is 2.79. The largest absolute Gasteiger partial charge is 0.389 e. The number of likely N-dealkylation sites (N-methyl/N-ethyl adjacent to an activating group) is 1. The van der Waals surface area contributed by atoms with Gasteiger partial charge >= 0.3 is 0 Å². The predicted molar refractivity (Wildman–Crippen MR) is 80.7 cm³/mol. The average molecular weight is 273 g/mol. The summed E-state index contributed by atoms with van der Waals surface area (Å²) in [5.74, 6) is 0. The summed E-state index contributed by atoms with van der Waals surface area (Å²) in [6.07, 6.45) is -0.527. The topological polar surface area (TPSA) is 50.5 Å². The van der Waals surface area contributed by atoms with Crippen LogP contribution in [-0.4, -0.2) is 42.2 Å². The minimum Gasteiger partial charge on any atom is -0.389 e. The van der Waals surface area contributed by atoms with Gasteiger partial charge in [0.15, 0.2) is 0 Å². The highest BCUT2D eigenvalue weighted by atomic mass is 16.3. The molecule has 1 aromatic rings. The molecule has 1 N–H and O–H groups in total. The maximum Gasteiger partial charge on any atom is 0.0992 e. The van der Waals surface area contributed by atoms with Crippen LogP contribution in [0.3, 0.4) is 0 Å². The van der Waals surface area contributed by atoms with Crippen molar-refractivity contribution in [1.82, 2.24) is 4.90 Å². The quantitative estimate of drug-likeness (QED) is 0.897. The van der Waals surface area contributed by atoms with Gasteiger partial charge in [0.25, 0.3) is 0 Å². The molecule has 1 aliphatic rings. The zero-order valence-corrected chi connectivity index (χ0v) is 12.7. The lowest BCUT2D eigenvalue weighted by molar-refractivity contribution is 0.138. The Bertz CT molecular complexity index is 531. The number of benzene rings is 1. The minimum atomic E-state index is -0.527. The van der Waals surface area contributed by atoms with Crippen LogP contribution < -0.4 is 4.90 Å². The van der Waals surface area contributed by atoms with Crippen LogP contribution in [0.2, 0.25) is 0 Å². The maximum atomic E-state index is 9.96. The molecule has 4 nitrogen and oxygen atoms in total. The average Bonchev–Trinajstić information content (AvgIpc) is 2.41. The number of aliphatic hydroxyl groups is 1. The van der Waals surface area contributed by atoms with Gasteiger partial charge in [-0.15, -0.1) is 0 Å². The number of nitriles is 1. The molecule has 0 amide bonds. The smallest absolute Gasteiger partial charge is 0.0992 e. The third-order valence-electron chi connectivity index (χ3n) is 4.27. The molecule has 1 aliphatic heterocycles. The summed E-state index contributed by atoms with van der Waals surface area (Å²) < 4.78 is 0. The Labute approximate surface area is 121 Å². The zero-order valence-electron chi connectivity index (χ0n) is 12.7. The van der Waals surface area contributed by atoms with Gasteiger partial charge in [-0.1, -0.05) is 6.07 Å². The van der Waals surface area contributed by atoms with Crippen LogP contribution in [0.5, 0.6) is 0 Å². The fourth-order valence-electron chi connectivity index (χ4n) is 2.69. The zero-order chi connectivity index (χ0) is 14.9. The van der Waals surface area contributed by atoms with E-state index in [-0.39, 0.29) is 5.54 Å². The number of anilines is 1. The molecule has 0 spiro atoms. The Morgan fingerprint density at radius 3 is 2.60 bits per heavy atom. The van der Waals surface area contributed by atoms with Crippen LogP contribution in [0, 0.1) is 11.3 Å². The third-order valence-corrected chi connectivity index (χ3v) is 4.27. The molecule has 2 rings (SSSR count). The van der Waals surface area contributed by atoms with Crippen molar-refractivity contribution < 1.29 is 5.11 Å². The van der Waals surface area contributed by atoms with E-state index < -0.39 is 6.10 Å². The highest BCUT2D eigenvalue weighted by Crippen LogP contribution is 2.31. The molecule has 4 heteroatoms. The van der Waals surface area contributed by atoms with Crippen LogP contribution in [-0.2, 0) is 0 Å². The van der Waals surface area contributed by atoms with E-state index >= 15 is 0 Å². The predicted octanol–water partition coefficient (Wildman–Crippen LogP) is 2.14. The molecule has 0 saturated carbocycles. The Hall–Kier alpha value is -1.57. The van der Waals surface area contributed by atoms with Crippen LogP contribution >= 0.6 is 0 Å². The lowest BCUT2D eigenvalue weighted by atomic mass is 9.97. The molecule has 1 heterocycles. The molecule has 1 saturated heterocycles. The van der Waals surface area contributed by atoms with Crippen molar-refractivity contribution >= 4 is 5.69 Å². The highest BCUT2D eigenvalue weighted by molar-refractivity contribution is 5.59. The van der Waals surface area contributed by atoms with E-state index in [9.17, 15) is 5.11 Å². The minimum absolute atomic E-state index is 0.0802. The Balaban J connectivity index is 2.39. The number of hydrogen-bond acceptors (Lipinski definition) is 4. The lowest BCUT2D eigenvalue weighted by Crippen LogP contribution is -2.57. The van der Waals surface area contributed by atoms with Crippen molar-refractivity contribution in [2.24, 2.45) is 0 Å². The van der Waals surface area contributed by atoms with Crippen molar-refractivity contribution in [1.29, 1.82) is 5.26 Å². The lowest BCUT2D eigenvalue weighted by Gasteiger charge is -2.46. The van der Waals surface area contributed by atoms with Crippen molar-refractivity contribution in [3.8, 4) is 6.07 Å².